The van der Waals surface area contributed by atoms with Crippen LogP contribution in [0.2, 0.25) is 0 Å². The number of amides is 1. The maximum atomic E-state index is 12.4. The maximum Gasteiger partial charge on any atom is 0.224 e. The van der Waals surface area contributed by atoms with Crippen LogP contribution in [-0.4, -0.2) is 37.1 Å². The average Bonchev–Trinajstić information content (AvgIpc) is 2.62. The van der Waals surface area contributed by atoms with Crippen molar-refractivity contribution in [2.75, 3.05) is 20.2 Å². The highest BCUT2D eigenvalue weighted by molar-refractivity contribution is 5.76. The molecule has 1 heterocycles. The van der Waals surface area contributed by atoms with E-state index < -0.39 is 0 Å². The van der Waals surface area contributed by atoms with Crippen LogP contribution < -0.4 is 15.2 Å². The van der Waals surface area contributed by atoms with E-state index in [0.717, 1.165) is 17.1 Å². The first-order valence-electron chi connectivity index (χ1n) is 8.06. The Labute approximate surface area is 142 Å². The number of carbonyl (C=O) groups excluding carboxylic acids is 1. The van der Waals surface area contributed by atoms with Gasteiger partial charge in [0.05, 0.1) is 6.54 Å². The molecule has 0 aliphatic carbocycles. The molecular formula is C19H22N2O3. The zero-order chi connectivity index (χ0) is 16.9. The standard InChI is InChI=1S/C19H22N2O3/c1-21(19(22)11-16(20)14-7-3-2-4-8-14)12-15-13-23-17-9-5-6-10-18(17)24-15/h2-10,15-16H,11-13,20H2,1H3/t15-,16-/m1/s1. The van der Waals surface area contributed by atoms with Gasteiger partial charge in [0.1, 0.15) is 6.61 Å². The number of carbonyl (C=O) groups is 1. The number of ether oxygens (including phenoxy) is 2. The van der Waals surface area contributed by atoms with Crippen molar-refractivity contribution in [3.63, 3.8) is 0 Å². The minimum atomic E-state index is -0.301. The van der Waals surface area contributed by atoms with Gasteiger partial charge in [-0.2, -0.15) is 0 Å². The van der Waals surface area contributed by atoms with E-state index in [1.807, 2.05) is 54.6 Å². The first-order chi connectivity index (χ1) is 11.6. The van der Waals surface area contributed by atoms with E-state index >= 15 is 0 Å². The summed E-state index contributed by atoms with van der Waals surface area (Å²) >= 11 is 0. The topological polar surface area (TPSA) is 64.8 Å². The highest BCUT2D eigenvalue weighted by atomic mass is 16.6. The van der Waals surface area contributed by atoms with Gasteiger partial charge in [-0.15, -0.1) is 0 Å². The summed E-state index contributed by atoms with van der Waals surface area (Å²) in [5, 5.41) is 0. The minimum absolute atomic E-state index is 0.00573. The first-order valence-corrected chi connectivity index (χ1v) is 8.06. The number of para-hydroxylation sites is 2. The molecule has 0 saturated carbocycles. The van der Waals surface area contributed by atoms with Crippen molar-refractivity contribution in [1.29, 1.82) is 0 Å². The van der Waals surface area contributed by atoms with Crippen molar-refractivity contribution < 1.29 is 14.3 Å². The van der Waals surface area contributed by atoms with Gasteiger partial charge in [0, 0.05) is 19.5 Å². The molecule has 0 spiro atoms. The second kappa shape index (κ2) is 7.36. The predicted molar refractivity (Wildman–Crippen MR) is 92.0 cm³/mol. The Morgan fingerprint density at radius 3 is 2.58 bits per heavy atom. The summed E-state index contributed by atoms with van der Waals surface area (Å²) < 4.78 is 11.6. The van der Waals surface area contributed by atoms with Crippen LogP contribution in [-0.2, 0) is 4.79 Å². The quantitative estimate of drug-likeness (QED) is 0.916. The van der Waals surface area contributed by atoms with Crippen LogP contribution in [0.1, 0.15) is 18.0 Å². The molecule has 5 nitrogen and oxygen atoms in total. The summed E-state index contributed by atoms with van der Waals surface area (Å²) in [6.07, 6.45) is 0.0896. The molecule has 0 aromatic heterocycles. The predicted octanol–water partition coefficient (Wildman–Crippen LogP) is 2.37. The van der Waals surface area contributed by atoms with Gasteiger partial charge in [-0.3, -0.25) is 4.79 Å². The van der Waals surface area contributed by atoms with Crippen molar-refractivity contribution in [1.82, 2.24) is 4.90 Å². The lowest BCUT2D eigenvalue weighted by Crippen LogP contribution is -2.42. The van der Waals surface area contributed by atoms with E-state index in [4.69, 9.17) is 15.2 Å². The summed E-state index contributed by atoms with van der Waals surface area (Å²) in [5.41, 5.74) is 7.09. The van der Waals surface area contributed by atoms with Gasteiger partial charge in [0.15, 0.2) is 17.6 Å². The van der Waals surface area contributed by atoms with Crippen molar-refractivity contribution in [3.8, 4) is 11.5 Å². The zero-order valence-electron chi connectivity index (χ0n) is 13.7. The molecule has 0 saturated heterocycles. The average molecular weight is 326 g/mol. The number of nitrogens with two attached hydrogens (primary N) is 1. The van der Waals surface area contributed by atoms with Crippen molar-refractivity contribution in [2.24, 2.45) is 5.73 Å². The van der Waals surface area contributed by atoms with Crippen LogP contribution in [0.5, 0.6) is 11.5 Å². The summed E-state index contributed by atoms with van der Waals surface area (Å²) in [6, 6.07) is 16.9. The van der Waals surface area contributed by atoms with Crippen molar-refractivity contribution >= 4 is 5.91 Å². The Hall–Kier alpha value is -2.53. The van der Waals surface area contributed by atoms with Gasteiger partial charge in [0.2, 0.25) is 5.91 Å². The Morgan fingerprint density at radius 1 is 1.17 bits per heavy atom. The molecule has 2 N–H and O–H groups in total. The molecule has 0 bridgehead atoms. The molecule has 5 heteroatoms. The fraction of sp³-hybridized carbons (Fsp3) is 0.316. The molecule has 0 radical (unpaired) electrons. The van der Waals surface area contributed by atoms with Crippen LogP contribution in [0.25, 0.3) is 0 Å². The van der Waals surface area contributed by atoms with E-state index in [9.17, 15) is 4.79 Å². The largest absolute Gasteiger partial charge is 0.486 e. The van der Waals surface area contributed by atoms with Crippen LogP contribution in [0, 0.1) is 0 Å². The number of hydrogen-bond donors (Lipinski definition) is 1. The van der Waals surface area contributed by atoms with Crippen LogP contribution in [0.4, 0.5) is 0 Å². The number of hydrogen-bond acceptors (Lipinski definition) is 4. The third kappa shape index (κ3) is 3.86. The Morgan fingerprint density at radius 2 is 1.83 bits per heavy atom. The van der Waals surface area contributed by atoms with Crippen LogP contribution >= 0.6 is 0 Å². The Balaban J connectivity index is 1.53. The van der Waals surface area contributed by atoms with Crippen LogP contribution in [0.15, 0.2) is 54.6 Å². The van der Waals surface area contributed by atoms with Gasteiger partial charge in [-0.1, -0.05) is 42.5 Å². The lowest BCUT2D eigenvalue weighted by Gasteiger charge is -2.30. The minimum Gasteiger partial charge on any atom is -0.486 e. The smallest absolute Gasteiger partial charge is 0.224 e. The summed E-state index contributed by atoms with van der Waals surface area (Å²) in [4.78, 5) is 14.1. The highest BCUT2D eigenvalue weighted by Gasteiger charge is 2.24. The van der Waals surface area contributed by atoms with E-state index in [1.165, 1.54) is 0 Å². The van der Waals surface area contributed by atoms with Gasteiger partial charge in [-0.05, 0) is 17.7 Å². The third-order valence-electron chi connectivity index (χ3n) is 4.09. The molecule has 1 amide bonds. The number of nitrogens with zero attached hydrogens (tertiary/aromatic N) is 1. The lowest BCUT2D eigenvalue weighted by atomic mass is 10.0. The van der Waals surface area contributed by atoms with E-state index in [0.29, 0.717) is 13.2 Å². The monoisotopic (exact) mass is 326 g/mol. The van der Waals surface area contributed by atoms with E-state index in [2.05, 4.69) is 0 Å². The summed E-state index contributed by atoms with van der Waals surface area (Å²) in [5.74, 6) is 1.46. The SMILES string of the molecule is CN(C[C@@H]1COc2ccccc2O1)C(=O)C[C@@H](N)c1ccccc1. The molecule has 3 rings (SSSR count). The van der Waals surface area contributed by atoms with Gasteiger partial charge in [-0.25, -0.2) is 0 Å². The maximum absolute atomic E-state index is 12.4. The molecule has 2 atom stereocenters. The van der Waals surface area contributed by atoms with E-state index in [-0.39, 0.29) is 24.5 Å². The normalized spacial score (nSPS) is 17.2. The van der Waals surface area contributed by atoms with Gasteiger partial charge >= 0.3 is 0 Å². The zero-order valence-corrected chi connectivity index (χ0v) is 13.7. The first kappa shape index (κ1) is 16.3. The summed E-state index contributed by atoms with van der Waals surface area (Å²) in [7, 11) is 1.77. The second-order valence-electron chi connectivity index (χ2n) is 5.99. The molecule has 0 unspecified atom stereocenters. The summed E-state index contributed by atoms with van der Waals surface area (Å²) in [6.45, 7) is 0.897. The Kier molecular flexibility index (Phi) is 5.01. The molecule has 1 aliphatic rings. The molecule has 2 aromatic carbocycles. The lowest BCUT2D eigenvalue weighted by molar-refractivity contribution is -0.131. The fourth-order valence-corrected chi connectivity index (χ4v) is 2.72. The third-order valence-corrected chi connectivity index (χ3v) is 4.09. The van der Waals surface area contributed by atoms with E-state index in [1.54, 1.807) is 11.9 Å². The van der Waals surface area contributed by atoms with Crippen molar-refractivity contribution in [3.05, 3.63) is 60.2 Å². The number of likely N-dealkylation sites (N-methyl/N-ethyl adjacent to an activating group) is 1. The number of benzene rings is 2. The molecule has 126 valence electrons. The highest BCUT2D eigenvalue weighted by Crippen LogP contribution is 2.31. The van der Waals surface area contributed by atoms with Crippen molar-refractivity contribution in [2.45, 2.75) is 18.6 Å². The Bertz CT molecular complexity index is 690. The van der Waals surface area contributed by atoms with Gasteiger partial charge < -0.3 is 20.1 Å². The number of rotatable bonds is 5. The fourth-order valence-electron chi connectivity index (χ4n) is 2.72. The second-order valence-corrected chi connectivity index (χ2v) is 5.99. The molecule has 24 heavy (non-hydrogen) atoms. The van der Waals surface area contributed by atoms with Gasteiger partial charge in [0.25, 0.3) is 0 Å². The molecular weight excluding hydrogens is 304 g/mol. The molecule has 0 fully saturated rings. The molecule has 2 aromatic rings. The number of fused-ring (bicyclic) bond motifs is 1. The molecule has 1 aliphatic heterocycles. The van der Waals surface area contributed by atoms with Crippen LogP contribution in [0.3, 0.4) is 0 Å².